The predicted molar refractivity (Wildman–Crippen MR) is 108 cm³/mol. The van der Waals surface area contributed by atoms with E-state index >= 15 is 0 Å². The summed E-state index contributed by atoms with van der Waals surface area (Å²) in [7, 11) is 0. The number of aromatic nitrogens is 3. The van der Waals surface area contributed by atoms with E-state index in [1.165, 1.54) is 0 Å². The van der Waals surface area contributed by atoms with Gasteiger partial charge < -0.3 is 30.1 Å². The summed E-state index contributed by atoms with van der Waals surface area (Å²) in [5, 5.41) is 47.1. The van der Waals surface area contributed by atoms with Crippen LogP contribution in [0, 0.1) is 18.8 Å². The van der Waals surface area contributed by atoms with E-state index in [1.807, 2.05) is 12.1 Å². The number of hydrogen-bond acceptors (Lipinski definition) is 7. The number of ether oxygens (including phenoxy) is 1. The molecule has 4 unspecified atom stereocenters. The maximum atomic E-state index is 11.7. The lowest BCUT2D eigenvalue weighted by atomic mass is 9.95. The molecule has 0 aliphatic carbocycles. The summed E-state index contributed by atoms with van der Waals surface area (Å²) in [6.07, 6.45) is -3.21. The van der Waals surface area contributed by atoms with Crippen molar-refractivity contribution in [3.63, 3.8) is 0 Å². The van der Waals surface area contributed by atoms with Crippen LogP contribution in [0.4, 0.5) is 0 Å². The number of aromatic amines is 2. The molecule has 3 aromatic rings. The normalized spacial score (nSPS) is 26.4. The van der Waals surface area contributed by atoms with Gasteiger partial charge in [0.1, 0.15) is 30.5 Å². The molecule has 30 heavy (non-hydrogen) atoms. The van der Waals surface area contributed by atoms with E-state index < -0.39 is 37.1 Å². The van der Waals surface area contributed by atoms with Crippen molar-refractivity contribution >= 4 is 10.9 Å². The number of H-pyrrole nitrogens is 2. The Hall–Kier alpha value is -3.00. The zero-order valence-corrected chi connectivity index (χ0v) is 16.0. The summed E-state index contributed by atoms with van der Waals surface area (Å²) in [5.41, 5.74) is 3.27. The van der Waals surface area contributed by atoms with Gasteiger partial charge in [-0.05, 0) is 36.2 Å². The molecule has 3 heterocycles. The van der Waals surface area contributed by atoms with E-state index in [1.54, 1.807) is 25.4 Å². The number of aliphatic hydroxyl groups excluding tert-OH is 4. The average molecular weight is 411 g/mol. The number of nitrogens with one attached hydrogen (secondary N) is 2. The fourth-order valence-corrected chi connectivity index (χ4v) is 3.46. The largest absolute Gasteiger partial charge is 0.394 e. The number of hydrogen-bond donors (Lipinski definition) is 6. The molecular weight excluding hydrogens is 390 g/mol. The highest BCUT2D eigenvalue weighted by Gasteiger charge is 2.42. The molecular formula is C21H21N3O6. The van der Waals surface area contributed by atoms with Crippen LogP contribution in [0.25, 0.3) is 22.0 Å². The molecule has 0 amide bonds. The van der Waals surface area contributed by atoms with Crippen LogP contribution >= 0.6 is 0 Å². The minimum atomic E-state index is -1.49. The molecule has 6 N–H and O–H groups in total. The third-order valence-electron chi connectivity index (χ3n) is 5.21. The van der Waals surface area contributed by atoms with Crippen molar-refractivity contribution in [1.29, 1.82) is 0 Å². The average Bonchev–Trinajstić information content (AvgIpc) is 3.22. The fourth-order valence-electron chi connectivity index (χ4n) is 3.46. The molecule has 0 bridgehead atoms. The molecule has 9 nitrogen and oxygen atoms in total. The molecule has 4 rings (SSSR count). The third-order valence-corrected chi connectivity index (χ3v) is 5.21. The standard InChI is InChI=1S/C21H21N3O6/c1-10-4-13(7-22-21(10)29)12-5-11(17-14(6-12)8-23-24-17)2-3-15-18(26)20(28)19(27)16(9-25)30-15/h4-8,15-16,18-20,25-28H,9H2,1H3,(H,22,29)(H,23,24)/t15?,16?,18?,19-,20?/m1/s1. The number of fused-ring (bicyclic) bond motifs is 1. The molecule has 1 fully saturated rings. The number of rotatable bonds is 2. The van der Waals surface area contributed by atoms with Crippen molar-refractivity contribution in [2.45, 2.75) is 37.4 Å². The Labute approximate surface area is 171 Å². The van der Waals surface area contributed by atoms with Gasteiger partial charge in [0.25, 0.3) is 5.56 Å². The van der Waals surface area contributed by atoms with Crippen LogP contribution < -0.4 is 5.56 Å². The van der Waals surface area contributed by atoms with E-state index in [9.17, 15) is 25.2 Å². The minimum absolute atomic E-state index is 0.161. The first-order valence-electron chi connectivity index (χ1n) is 9.38. The second-order valence-electron chi connectivity index (χ2n) is 7.28. The van der Waals surface area contributed by atoms with Gasteiger partial charge in [-0.25, -0.2) is 0 Å². The van der Waals surface area contributed by atoms with Crippen molar-refractivity contribution in [2.75, 3.05) is 6.61 Å². The van der Waals surface area contributed by atoms with Gasteiger partial charge in [-0.3, -0.25) is 9.89 Å². The molecule has 9 heteroatoms. The zero-order valence-electron chi connectivity index (χ0n) is 16.0. The second-order valence-corrected chi connectivity index (χ2v) is 7.28. The van der Waals surface area contributed by atoms with Crippen molar-refractivity contribution in [3.8, 4) is 23.0 Å². The highest BCUT2D eigenvalue weighted by Crippen LogP contribution is 2.26. The van der Waals surface area contributed by atoms with Gasteiger partial charge >= 0.3 is 0 Å². The smallest absolute Gasteiger partial charge is 0.250 e. The first-order chi connectivity index (χ1) is 14.4. The zero-order chi connectivity index (χ0) is 21.4. The predicted octanol–water partition coefficient (Wildman–Crippen LogP) is -0.579. The Morgan fingerprint density at radius 1 is 1.13 bits per heavy atom. The molecule has 1 aromatic carbocycles. The second kappa shape index (κ2) is 8.02. The van der Waals surface area contributed by atoms with E-state index in [0.29, 0.717) is 16.6 Å². The maximum Gasteiger partial charge on any atom is 0.250 e. The lowest BCUT2D eigenvalue weighted by Crippen LogP contribution is -2.58. The van der Waals surface area contributed by atoms with E-state index in [4.69, 9.17) is 4.74 Å². The Morgan fingerprint density at radius 3 is 2.67 bits per heavy atom. The molecule has 0 radical (unpaired) electrons. The highest BCUT2D eigenvalue weighted by molar-refractivity contribution is 5.89. The Morgan fingerprint density at radius 2 is 1.93 bits per heavy atom. The summed E-state index contributed by atoms with van der Waals surface area (Å²) < 4.78 is 5.44. The summed E-state index contributed by atoms with van der Waals surface area (Å²) >= 11 is 0. The molecule has 156 valence electrons. The van der Waals surface area contributed by atoms with Crippen molar-refractivity contribution in [2.24, 2.45) is 0 Å². The number of pyridine rings is 1. The van der Waals surface area contributed by atoms with Gasteiger partial charge in [0.15, 0.2) is 0 Å². The highest BCUT2D eigenvalue weighted by atomic mass is 16.5. The van der Waals surface area contributed by atoms with Gasteiger partial charge in [-0.1, -0.05) is 11.8 Å². The summed E-state index contributed by atoms with van der Waals surface area (Å²) in [6.45, 7) is 1.20. The van der Waals surface area contributed by atoms with Crippen LogP contribution in [0.5, 0.6) is 0 Å². The third kappa shape index (κ3) is 3.63. The van der Waals surface area contributed by atoms with E-state index in [-0.39, 0.29) is 5.56 Å². The first kappa shape index (κ1) is 20.3. The molecule has 1 aliphatic heterocycles. The first-order valence-corrected chi connectivity index (χ1v) is 9.38. The van der Waals surface area contributed by atoms with Crippen LogP contribution in [-0.4, -0.2) is 72.7 Å². The van der Waals surface area contributed by atoms with E-state index in [2.05, 4.69) is 27.0 Å². The topological polar surface area (TPSA) is 152 Å². The van der Waals surface area contributed by atoms with Crippen LogP contribution in [0.1, 0.15) is 11.1 Å². The summed E-state index contributed by atoms with van der Waals surface area (Å²) in [6, 6.07) is 5.49. The Bertz CT molecular complexity index is 1190. The number of benzene rings is 1. The lowest BCUT2D eigenvalue weighted by Gasteiger charge is -2.37. The van der Waals surface area contributed by atoms with Gasteiger partial charge in [0.05, 0.1) is 23.9 Å². The summed E-state index contributed by atoms with van der Waals surface area (Å²) in [5.74, 6) is 5.71. The van der Waals surface area contributed by atoms with Gasteiger partial charge in [-0.15, -0.1) is 0 Å². The van der Waals surface area contributed by atoms with Gasteiger partial charge in [0.2, 0.25) is 0 Å². The fraction of sp³-hybridized carbons (Fsp3) is 0.333. The van der Waals surface area contributed by atoms with Crippen molar-refractivity contribution in [3.05, 3.63) is 52.1 Å². The molecule has 5 atom stereocenters. The molecule has 0 spiro atoms. The van der Waals surface area contributed by atoms with Crippen molar-refractivity contribution < 1.29 is 25.2 Å². The molecule has 2 aromatic heterocycles. The molecule has 1 saturated heterocycles. The number of aryl methyl sites for hydroxylation is 1. The number of aliphatic hydroxyl groups is 4. The Balaban J connectivity index is 1.74. The van der Waals surface area contributed by atoms with Crippen molar-refractivity contribution in [1.82, 2.24) is 15.2 Å². The van der Waals surface area contributed by atoms with Crippen LogP contribution in [-0.2, 0) is 4.74 Å². The van der Waals surface area contributed by atoms with Crippen LogP contribution in [0.15, 0.2) is 35.4 Å². The maximum absolute atomic E-state index is 11.7. The monoisotopic (exact) mass is 411 g/mol. The minimum Gasteiger partial charge on any atom is -0.394 e. The molecule has 1 aliphatic rings. The van der Waals surface area contributed by atoms with Gasteiger partial charge in [-0.2, -0.15) is 5.10 Å². The Kier molecular flexibility index (Phi) is 5.42. The lowest BCUT2D eigenvalue weighted by molar-refractivity contribution is -0.214. The van der Waals surface area contributed by atoms with Gasteiger partial charge in [0, 0.05) is 17.1 Å². The van der Waals surface area contributed by atoms with Crippen LogP contribution in [0.3, 0.4) is 0 Å². The SMILES string of the molecule is Cc1cc(-c2cc(C#CC3OC(CO)[C@@H](O)C(O)C3O)c3[nH]ncc3c2)c[nH]c1=O. The quantitative estimate of drug-likeness (QED) is 0.309. The summed E-state index contributed by atoms with van der Waals surface area (Å²) in [4.78, 5) is 14.4. The van der Waals surface area contributed by atoms with Crippen LogP contribution in [0.2, 0.25) is 0 Å². The number of nitrogens with zero attached hydrogens (tertiary/aromatic N) is 1. The molecule has 0 saturated carbocycles. The van der Waals surface area contributed by atoms with E-state index in [0.717, 1.165) is 16.5 Å².